The van der Waals surface area contributed by atoms with Crippen LogP contribution in [0.4, 0.5) is 10.1 Å². The summed E-state index contributed by atoms with van der Waals surface area (Å²) in [6, 6.07) is 12.3. The number of hydrogen-bond donors (Lipinski definition) is 1. The molecular weight excluding hydrogens is 259 g/mol. The minimum atomic E-state index is -0.657. The van der Waals surface area contributed by atoms with Crippen molar-refractivity contribution in [1.29, 1.82) is 5.26 Å². The molecule has 2 aromatic carbocycles. The van der Waals surface area contributed by atoms with Gasteiger partial charge in [0.25, 0.3) is 0 Å². The van der Waals surface area contributed by atoms with Gasteiger partial charge in [-0.3, -0.25) is 0 Å². The average Bonchev–Trinajstić information content (AvgIpc) is 2.45. The zero-order valence-corrected chi connectivity index (χ0v) is 10.5. The minimum absolute atomic E-state index is 0.0172. The van der Waals surface area contributed by atoms with E-state index >= 15 is 0 Å². The lowest BCUT2D eigenvalue weighted by Crippen LogP contribution is -2.09. The molecule has 0 atom stereocenters. The van der Waals surface area contributed by atoms with Crippen molar-refractivity contribution >= 4 is 11.7 Å². The van der Waals surface area contributed by atoms with Gasteiger partial charge in [-0.15, -0.1) is 0 Å². The fraction of sp³-hybridized carbons (Fsp3) is 0.0667. The van der Waals surface area contributed by atoms with Crippen molar-refractivity contribution in [1.82, 2.24) is 0 Å². The molecule has 0 aliphatic carbocycles. The van der Waals surface area contributed by atoms with Gasteiger partial charge in [0, 0.05) is 11.3 Å². The smallest absolute Gasteiger partial charge is 0.340 e. The van der Waals surface area contributed by atoms with Crippen LogP contribution in [0, 0.1) is 17.1 Å². The number of esters is 1. The largest absolute Gasteiger partial charge is 0.457 e. The Balaban J connectivity index is 2.11. The highest BCUT2D eigenvalue weighted by Crippen LogP contribution is 2.16. The lowest BCUT2D eigenvalue weighted by atomic mass is 10.1. The van der Waals surface area contributed by atoms with Crippen LogP contribution in [0.25, 0.3) is 0 Å². The Kier molecular flexibility index (Phi) is 3.96. The van der Waals surface area contributed by atoms with Gasteiger partial charge in [0.2, 0.25) is 0 Å². The number of halogens is 1. The van der Waals surface area contributed by atoms with Crippen molar-refractivity contribution in [2.45, 2.75) is 6.61 Å². The molecule has 4 nitrogen and oxygen atoms in total. The molecule has 0 amide bonds. The van der Waals surface area contributed by atoms with E-state index in [0.717, 1.165) is 12.1 Å². The van der Waals surface area contributed by atoms with Gasteiger partial charge < -0.3 is 10.5 Å². The number of nitrogens with zero attached hydrogens (tertiary/aromatic N) is 1. The summed E-state index contributed by atoms with van der Waals surface area (Å²) in [7, 11) is 0. The molecule has 5 heteroatoms. The van der Waals surface area contributed by atoms with E-state index in [-0.39, 0.29) is 17.9 Å². The lowest BCUT2D eigenvalue weighted by Gasteiger charge is -2.08. The summed E-state index contributed by atoms with van der Waals surface area (Å²) in [6.07, 6.45) is 0. The third-order valence-corrected chi connectivity index (χ3v) is 2.73. The predicted molar refractivity (Wildman–Crippen MR) is 71.1 cm³/mol. The van der Waals surface area contributed by atoms with Gasteiger partial charge in [-0.25, -0.2) is 9.18 Å². The quantitative estimate of drug-likeness (QED) is 0.687. The second kappa shape index (κ2) is 5.85. The molecule has 100 valence electrons. The summed E-state index contributed by atoms with van der Waals surface area (Å²) in [5.41, 5.74) is 6.71. The van der Waals surface area contributed by atoms with Gasteiger partial charge >= 0.3 is 5.97 Å². The SMILES string of the molecule is N#Cc1ccccc1COC(=O)c1ccc(F)cc1N. The highest BCUT2D eigenvalue weighted by molar-refractivity contribution is 5.95. The number of nitriles is 1. The Morgan fingerprint density at radius 2 is 2.05 bits per heavy atom. The van der Waals surface area contributed by atoms with E-state index in [1.807, 2.05) is 6.07 Å². The molecular formula is C15H11FN2O2. The van der Waals surface area contributed by atoms with E-state index in [4.69, 9.17) is 15.7 Å². The molecule has 0 heterocycles. The molecule has 2 aromatic rings. The van der Waals surface area contributed by atoms with Crippen LogP contribution in [-0.2, 0) is 11.3 Å². The van der Waals surface area contributed by atoms with E-state index in [0.29, 0.717) is 11.1 Å². The second-order valence-corrected chi connectivity index (χ2v) is 4.08. The lowest BCUT2D eigenvalue weighted by molar-refractivity contribution is 0.0473. The average molecular weight is 270 g/mol. The summed E-state index contributed by atoms with van der Waals surface area (Å²) < 4.78 is 18.0. The number of hydrogen-bond acceptors (Lipinski definition) is 4. The van der Waals surface area contributed by atoms with E-state index < -0.39 is 11.8 Å². The molecule has 2 rings (SSSR count). The maximum absolute atomic E-state index is 12.9. The third kappa shape index (κ3) is 2.93. The maximum atomic E-state index is 12.9. The van der Waals surface area contributed by atoms with Gasteiger partial charge in [-0.1, -0.05) is 18.2 Å². The Morgan fingerprint density at radius 1 is 1.30 bits per heavy atom. The number of ether oxygens (including phenoxy) is 1. The standard InChI is InChI=1S/C15H11FN2O2/c16-12-5-6-13(14(18)7-12)15(19)20-9-11-4-2-1-3-10(11)8-17/h1-7H,9,18H2. The monoisotopic (exact) mass is 270 g/mol. The summed E-state index contributed by atoms with van der Waals surface area (Å²) in [5, 5.41) is 8.92. The zero-order valence-electron chi connectivity index (χ0n) is 10.5. The highest BCUT2D eigenvalue weighted by atomic mass is 19.1. The van der Waals surface area contributed by atoms with Crippen molar-refractivity contribution in [2.24, 2.45) is 0 Å². The van der Waals surface area contributed by atoms with E-state index in [9.17, 15) is 9.18 Å². The number of nitrogen functional groups attached to an aromatic ring is 1. The molecule has 2 N–H and O–H groups in total. The fourth-order valence-corrected chi connectivity index (χ4v) is 1.70. The first kappa shape index (κ1) is 13.6. The number of carbonyl (C=O) groups excluding carboxylic acids is 1. The van der Waals surface area contributed by atoms with Gasteiger partial charge in [0.05, 0.1) is 17.2 Å². The normalized spacial score (nSPS) is 9.80. The van der Waals surface area contributed by atoms with Crippen LogP contribution < -0.4 is 5.73 Å². The van der Waals surface area contributed by atoms with Crippen LogP contribution in [0.5, 0.6) is 0 Å². The summed E-state index contributed by atoms with van der Waals surface area (Å²) >= 11 is 0. The molecule has 0 radical (unpaired) electrons. The number of nitrogens with two attached hydrogens (primary N) is 1. The maximum Gasteiger partial charge on any atom is 0.340 e. The molecule has 0 unspecified atom stereocenters. The van der Waals surface area contributed by atoms with Crippen LogP contribution in [0.2, 0.25) is 0 Å². The minimum Gasteiger partial charge on any atom is -0.457 e. The van der Waals surface area contributed by atoms with Crippen LogP contribution in [0.1, 0.15) is 21.5 Å². The van der Waals surface area contributed by atoms with E-state index in [1.54, 1.807) is 24.3 Å². The highest BCUT2D eigenvalue weighted by Gasteiger charge is 2.12. The molecule has 0 aromatic heterocycles. The number of anilines is 1. The summed E-state index contributed by atoms with van der Waals surface area (Å²) in [4.78, 5) is 11.8. The zero-order chi connectivity index (χ0) is 14.5. The third-order valence-electron chi connectivity index (χ3n) is 2.73. The first-order valence-corrected chi connectivity index (χ1v) is 5.82. The fourth-order valence-electron chi connectivity index (χ4n) is 1.70. The van der Waals surface area contributed by atoms with Crippen molar-refractivity contribution in [3.05, 3.63) is 65.0 Å². The molecule has 0 aliphatic heterocycles. The van der Waals surface area contributed by atoms with Gasteiger partial charge in [-0.2, -0.15) is 5.26 Å². The van der Waals surface area contributed by atoms with E-state index in [2.05, 4.69) is 0 Å². The predicted octanol–water partition coefficient (Wildman–Crippen LogP) is 2.64. The van der Waals surface area contributed by atoms with Crippen LogP contribution in [0.3, 0.4) is 0 Å². The molecule has 0 aliphatic rings. The Bertz CT molecular complexity index is 693. The Hall–Kier alpha value is -2.87. The van der Waals surface area contributed by atoms with Gasteiger partial charge in [-0.05, 0) is 24.3 Å². The van der Waals surface area contributed by atoms with Crippen LogP contribution in [0.15, 0.2) is 42.5 Å². The molecule has 0 saturated heterocycles. The van der Waals surface area contributed by atoms with Crippen LogP contribution in [-0.4, -0.2) is 5.97 Å². The Morgan fingerprint density at radius 3 is 2.75 bits per heavy atom. The molecule has 0 spiro atoms. The molecule has 0 saturated carbocycles. The first-order valence-electron chi connectivity index (χ1n) is 5.82. The van der Waals surface area contributed by atoms with Crippen molar-refractivity contribution in [2.75, 3.05) is 5.73 Å². The van der Waals surface area contributed by atoms with Crippen molar-refractivity contribution in [3.8, 4) is 6.07 Å². The number of carbonyl (C=O) groups is 1. The van der Waals surface area contributed by atoms with Gasteiger partial charge in [0.15, 0.2) is 0 Å². The second-order valence-electron chi connectivity index (χ2n) is 4.08. The number of benzene rings is 2. The molecule has 0 fully saturated rings. The van der Waals surface area contributed by atoms with Gasteiger partial charge in [0.1, 0.15) is 12.4 Å². The summed E-state index contributed by atoms with van der Waals surface area (Å²) in [5.74, 6) is -1.18. The van der Waals surface area contributed by atoms with Crippen LogP contribution >= 0.6 is 0 Å². The number of rotatable bonds is 3. The van der Waals surface area contributed by atoms with Crippen molar-refractivity contribution < 1.29 is 13.9 Å². The Labute approximate surface area is 115 Å². The van der Waals surface area contributed by atoms with Crippen molar-refractivity contribution in [3.63, 3.8) is 0 Å². The van der Waals surface area contributed by atoms with E-state index in [1.165, 1.54) is 6.07 Å². The summed E-state index contributed by atoms with van der Waals surface area (Å²) in [6.45, 7) is -0.0423. The topological polar surface area (TPSA) is 76.1 Å². The first-order chi connectivity index (χ1) is 9.61. The molecule has 20 heavy (non-hydrogen) atoms. The molecule has 0 bridgehead atoms.